The van der Waals surface area contributed by atoms with Gasteiger partial charge in [0.2, 0.25) is 0 Å². The number of aromatic nitrogens is 1. The van der Waals surface area contributed by atoms with E-state index in [9.17, 15) is 0 Å². The Labute approximate surface area is 173 Å². The lowest BCUT2D eigenvalue weighted by Gasteiger charge is -2.13. The quantitative estimate of drug-likeness (QED) is 0.358. The summed E-state index contributed by atoms with van der Waals surface area (Å²) in [6.45, 7) is 8.72. The number of furan rings is 1. The van der Waals surface area contributed by atoms with E-state index in [0.717, 1.165) is 28.5 Å². The van der Waals surface area contributed by atoms with Gasteiger partial charge in [-0.2, -0.15) is 0 Å². The second-order valence-electron chi connectivity index (χ2n) is 9.06. The highest BCUT2D eigenvalue weighted by molar-refractivity contribution is 6.03. The van der Waals surface area contributed by atoms with Gasteiger partial charge in [-0.3, -0.25) is 4.98 Å². The van der Waals surface area contributed by atoms with Gasteiger partial charge < -0.3 is 4.42 Å². The van der Waals surface area contributed by atoms with Crippen LogP contribution in [0.2, 0.25) is 0 Å². The number of nitrogens with zero attached hydrogens (tertiary/aromatic N) is 1. The summed E-state index contributed by atoms with van der Waals surface area (Å²) in [5.41, 5.74) is 7.08. The van der Waals surface area contributed by atoms with Crippen LogP contribution in [0.15, 0.2) is 47.0 Å². The second-order valence-corrected chi connectivity index (χ2v) is 9.06. The van der Waals surface area contributed by atoms with Crippen molar-refractivity contribution >= 4 is 21.7 Å². The Hall–Kier alpha value is -2.61. The Morgan fingerprint density at radius 1 is 0.966 bits per heavy atom. The van der Waals surface area contributed by atoms with Gasteiger partial charge in [0.15, 0.2) is 0 Å². The maximum absolute atomic E-state index is 6.41. The number of aryl methyl sites for hydroxylation is 2. The molecular formula is C27H29NO. The van der Waals surface area contributed by atoms with E-state index in [1.54, 1.807) is 0 Å². The van der Waals surface area contributed by atoms with Crippen LogP contribution in [0, 0.1) is 13.8 Å². The van der Waals surface area contributed by atoms with Crippen LogP contribution in [0.4, 0.5) is 0 Å². The molecule has 1 aliphatic carbocycles. The number of hydrogen-bond donors (Lipinski definition) is 0. The van der Waals surface area contributed by atoms with E-state index >= 15 is 0 Å². The number of hydrogen-bond acceptors (Lipinski definition) is 2. The van der Waals surface area contributed by atoms with Crippen molar-refractivity contribution in [2.24, 2.45) is 0 Å². The highest BCUT2D eigenvalue weighted by Gasteiger charge is 2.21. The van der Waals surface area contributed by atoms with Gasteiger partial charge in [-0.1, -0.05) is 44.9 Å². The predicted octanol–water partition coefficient (Wildman–Crippen LogP) is 8.05. The molecule has 2 heterocycles. The molecular weight excluding hydrogens is 354 g/mol. The average molecular weight is 384 g/mol. The molecule has 4 aromatic rings. The zero-order valence-electron chi connectivity index (χ0n) is 17.9. The van der Waals surface area contributed by atoms with E-state index in [-0.39, 0.29) is 0 Å². The van der Waals surface area contributed by atoms with Crippen molar-refractivity contribution in [2.45, 2.75) is 65.2 Å². The summed E-state index contributed by atoms with van der Waals surface area (Å²) in [6.07, 6.45) is 7.32. The normalized spacial score (nSPS) is 15.2. The lowest BCUT2D eigenvalue weighted by atomic mass is 9.93. The van der Waals surface area contributed by atoms with Crippen molar-refractivity contribution in [1.82, 2.24) is 4.98 Å². The summed E-state index contributed by atoms with van der Waals surface area (Å²) in [4.78, 5) is 4.82. The molecule has 0 bridgehead atoms. The van der Waals surface area contributed by atoms with E-state index < -0.39 is 0 Å². The van der Waals surface area contributed by atoms with E-state index in [1.807, 2.05) is 6.20 Å². The van der Waals surface area contributed by atoms with Crippen LogP contribution < -0.4 is 0 Å². The van der Waals surface area contributed by atoms with E-state index in [4.69, 9.17) is 9.40 Å². The van der Waals surface area contributed by atoms with Crippen LogP contribution in [-0.2, 0) is 0 Å². The summed E-state index contributed by atoms with van der Waals surface area (Å²) in [7, 11) is 0. The molecule has 1 fully saturated rings. The monoisotopic (exact) mass is 383 g/mol. The first-order valence-corrected chi connectivity index (χ1v) is 11.0. The fraction of sp³-hybridized carbons (Fsp3) is 0.370. The first-order chi connectivity index (χ1) is 14.0. The van der Waals surface area contributed by atoms with Crippen molar-refractivity contribution < 1.29 is 4.42 Å². The van der Waals surface area contributed by atoms with Gasteiger partial charge in [0.05, 0.1) is 5.69 Å². The predicted molar refractivity (Wildman–Crippen MR) is 122 cm³/mol. The van der Waals surface area contributed by atoms with Crippen LogP contribution in [0.25, 0.3) is 33.0 Å². The summed E-state index contributed by atoms with van der Waals surface area (Å²) in [6, 6.07) is 13.6. The van der Waals surface area contributed by atoms with Crippen LogP contribution >= 0.6 is 0 Å². The van der Waals surface area contributed by atoms with Gasteiger partial charge in [0.25, 0.3) is 0 Å². The van der Waals surface area contributed by atoms with Gasteiger partial charge in [-0.25, -0.2) is 0 Å². The fourth-order valence-corrected chi connectivity index (χ4v) is 5.13. The fourth-order valence-electron chi connectivity index (χ4n) is 5.13. The Kier molecular flexibility index (Phi) is 4.46. The molecule has 2 aromatic heterocycles. The summed E-state index contributed by atoms with van der Waals surface area (Å²) < 4.78 is 6.41. The highest BCUT2D eigenvalue weighted by Crippen LogP contribution is 2.40. The van der Waals surface area contributed by atoms with Crippen LogP contribution in [0.5, 0.6) is 0 Å². The Bertz CT molecular complexity index is 1210. The standard InChI is InChI=1S/C27H29NO/c1-16(2)26-18(4)23-13-17(3)14-24(27(23)29-26)25-22-10-9-20(19-7-5-6-8-19)15-21(22)11-12-28-25/h9-16,19H,5-8H2,1-4H3. The molecule has 1 saturated carbocycles. The van der Waals surface area contributed by atoms with Crippen LogP contribution in [0.1, 0.15) is 73.8 Å². The molecule has 0 aliphatic heterocycles. The molecule has 2 heteroatoms. The molecule has 0 spiro atoms. The molecule has 2 aromatic carbocycles. The molecule has 29 heavy (non-hydrogen) atoms. The minimum Gasteiger partial charge on any atom is -0.460 e. The number of benzene rings is 2. The third-order valence-corrected chi connectivity index (χ3v) is 6.61. The van der Waals surface area contributed by atoms with Crippen molar-refractivity contribution in [2.75, 3.05) is 0 Å². The van der Waals surface area contributed by atoms with Crippen LogP contribution in [0.3, 0.4) is 0 Å². The van der Waals surface area contributed by atoms with Gasteiger partial charge in [0, 0.05) is 28.5 Å². The first kappa shape index (κ1) is 18.4. The molecule has 148 valence electrons. The maximum atomic E-state index is 6.41. The molecule has 2 nitrogen and oxygen atoms in total. The molecule has 0 amide bonds. The van der Waals surface area contributed by atoms with E-state index in [1.165, 1.54) is 58.5 Å². The minimum absolute atomic E-state index is 0.366. The molecule has 0 unspecified atom stereocenters. The maximum Gasteiger partial charge on any atom is 0.143 e. The van der Waals surface area contributed by atoms with Gasteiger partial charge in [-0.05, 0) is 72.9 Å². The summed E-state index contributed by atoms with van der Waals surface area (Å²) in [5.74, 6) is 2.17. The average Bonchev–Trinajstić information content (AvgIpc) is 3.35. The number of pyridine rings is 1. The largest absolute Gasteiger partial charge is 0.460 e. The highest BCUT2D eigenvalue weighted by atomic mass is 16.3. The van der Waals surface area contributed by atoms with Gasteiger partial charge in [-0.15, -0.1) is 0 Å². The zero-order valence-corrected chi connectivity index (χ0v) is 17.9. The third kappa shape index (κ3) is 3.06. The third-order valence-electron chi connectivity index (χ3n) is 6.61. The van der Waals surface area contributed by atoms with Crippen molar-refractivity contribution in [3.8, 4) is 11.3 Å². The Morgan fingerprint density at radius 3 is 2.52 bits per heavy atom. The van der Waals surface area contributed by atoms with E-state index in [0.29, 0.717) is 5.92 Å². The Morgan fingerprint density at radius 2 is 1.76 bits per heavy atom. The topological polar surface area (TPSA) is 26.0 Å². The lowest BCUT2D eigenvalue weighted by molar-refractivity contribution is 0.518. The minimum atomic E-state index is 0.366. The lowest BCUT2D eigenvalue weighted by Crippen LogP contribution is -1.93. The Balaban J connectivity index is 1.73. The molecule has 0 saturated heterocycles. The molecule has 0 atom stereocenters. The smallest absolute Gasteiger partial charge is 0.143 e. The van der Waals surface area contributed by atoms with Crippen LogP contribution in [-0.4, -0.2) is 4.98 Å². The first-order valence-electron chi connectivity index (χ1n) is 11.0. The molecule has 0 N–H and O–H groups in total. The van der Waals surface area contributed by atoms with Gasteiger partial charge in [0.1, 0.15) is 11.3 Å². The second kappa shape index (κ2) is 7.02. The number of rotatable bonds is 3. The van der Waals surface area contributed by atoms with Crippen molar-refractivity contribution in [3.63, 3.8) is 0 Å². The number of fused-ring (bicyclic) bond motifs is 2. The molecule has 1 aliphatic rings. The summed E-state index contributed by atoms with van der Waals surface area (Å²) in [5, 5.41) is 3.70. The zero-order chi connectivity index (χ0) is 20.1. The molecule has 0 radical (unpaired) electrons. The SMILES string of the molecule is Cc1cc(-c2nccc3cc(C4CCCC4)ccc23)c2oc(C(C)C)c(C)c2c1. The summed E-state index contributed by atoms with van der Waals surface area (Å²) >= 11 is 0. The van der Waals surface area contributed by atoms with Gasteiger partial charge >= 0.3 is 0 Å². The van der Waals surface area contributed by atoms with E-state index in [2.05, 4.69) is 64.1 Å². The van der Waals surface area contributed by atoms with Crippen molar-refractivity contribution in [3.05, 3.63) is 65.0 Å². The van der Waals surface area contributed by atoms with Crippen molar-refractivity contribution in [1.29, 1.82) is 0 Å². The molecule has 5 rings (SSSR count).